The molecule has 0 bridgehead atoms. The number of aliphatic hydroxyl groups excluding tert-OH is 1. The Bertz CT molecular complexity index is 302. The molecule has 1 unspecified atom stereocenters. The molecule has 0 amide bonds. The lowest BCUT2D eigenvalue weighted by Gasteiger charge is -2.22. The highest BCUT2D eigenvalue weighted by Crippen LogP contribution is 2.11. The highest BCUT2D eigenvalue weighted by Gasteiger charge is 2.09. The van der Waals surface area contributed by atoms with Crippen molar-refractivity contribution in [3.8, 4) is 0 Å². The lowest BCUT2D eigenvalue weighted by Crippen LogP contribution is -2.31. The molecule has 1 heterocycles. The van der Waals surface area contributed by atoms with Gasteiger partial charge < -0.3 is 10.0 Å². The fourth-order valence-corrected chi connectivity index (χ4v) is 1.45. The van der Waals surface area contributed by atoms with Gasteiger partial charge in [0.25, 0.3) is 0 Å². The van der Waals surface area contributed by atoms with Crippen molar-refractivity contribution in [3.63, 3.8) is 0 Å². The van der Waals surface area contributed by atoms with E-state index in [1.54, 1.807) is 13.1 Å². The van der Waals surface area contributed by atoms with Gasteiger partial charge in [-0.05, 0) is 31.9 Å². The van der Waals surface area contributed by atoms with Gasteiger partial charge in [-0.1, -0.05) is 6.92 Å². The highest BCUT2D eigenvalue weighted by molar-refractivity contribution is 5.39. The number of likely N-dealkylation sites (N-methyl/N-ethyl adjacent to an activating group) is 1. The van der Waals surface area contributed by atoms with Crippen LogP contribution < -0.4 is 4.90 Å². The summed E-state index contributed by atoms with van der Waals surface area (Å²) in [5.41, 5.74) is 1.17. The Kier molecular flexibility index (Phi) is 4.49. The third-order valence-corrected chi connectivity index (χ3v) is 2.30. The molecular weight excluding hydrogens is 190 g/mol. The first-order chi connectivity index (χ1) is 7.17. The number of nitrogens with zero attached hydrogens (tertiary/aromatic N) is 3. The Morgan fingerprint density at radius 2 is 2.20 bits per heavy atom. The fourth-order valence-electron chi connectivity index (χ4n) is 1.45. The molecule has 0 aliphatic rings. The number of aromatic nitrogens is 2. The van der Waals surface area contributed by atoms with Gasteiger partial charge in [-0.2, -0.15) is 5.10 Å². The SMILES string of the molecule is CCc1cnnc(N(CC)CC(C)O)c1. The van der Waals surface area contributed by atoms with Crippen molar-refractivity contribution in [2.75, 3.05) is 18.0 Å². The van der Waals surface area contributed by atoms with Crippen molar-refractivity contribution in [2.45, 2.75) is 33.3 Å². The fraction of sp³-hybridized carbons (Fsp3) is 0.636. The number of hydrogen-bond acceptors (Lipinski definition) is 4. The lowest BCUT2D eigenvalue weighted by atomic mass is 10.2. The van der Waals surface area contributed by atoms with Gasteiger partial charge in [-0.25, -0.2) is 0 Å². The second-order valence-corrected chi connectivity index (χ2v) is 3.66. The van der Waals surface area contributed by atoms with Crippen LogP contribution in [0.15, 0.2) is 12.3 Å². The molecule has 1 N–H and O–H groups in total. The zero-order valence-corrected chi connectivity index (χ0v) is 9.64. The van der Waals surface area contributed by atoms with Crippen LogP contribution in [-0.4, -0.2) is 34.5 Å². The van der Waals surface area contributed by atoms with Crippen LogP contribution in [0.2, 0.25) is 0 Å². The van der Waals surface area contributed by atoms with E-state index >= 15 is 0 Å². The predicted molar refractivity (Wildman–Crippen MR) is 61.0 cm³/mol. The van der Waals surface area contributed by atoms with Crippen LogP contribution >= 0.6 is 0 Å². The molecule has 4 heteroatoms. The summed E-state index contributed by atoms with van der Waals surface area (Å²) in [6.45, 7) is 7.33. The van der Waals surface area contributed by atoms with Crippen molar-refractivity contribution in [3.05, 3.63) is 17.8 Å². The maximum absolute atomic E-state index is 9.35. The molecule has 0 aliphatic heterocycles. The molecule has 0 radical (unpaired) electrons. The van der Waals surface area contributed by atoms with Gasteiger partial charge in [-0.15, -0.1) is 5.10 Å². The number of rotatable bonds is 5. The number of anilines is 1. The van der Waals surface area contributed by atoms with E-state index in [2.05, 4.69) is 17.1 Å². The van der Waals surface area contributed by atoms with Crippen LogP contribution in [0.4, 0.5) is 5.82 Å². The second-order valence-electron chi connectivity index (χ2n) is 3.66. The van der Waals surface area contributed by atoms with E-state index < -0.39 is 0 Å². The van der Waals surface area contributed by atoms with Crippen LogP contribution in [0.25, 0.3) is 0 Å². The van der Waals surface area contributed by atoms with E-state index in [9.17, 15) is 5.11 Å². The summed E-state index contributed by atoms with van der Waals surface area (Å²) >= 11 is 0. The molecule has 0 fully saturated rings. The monoisotopic (exact) mass is 209 g/mol. The molecule has 0 saturated heterocycles. The first kappa shape index (κ1) is 11.9. The minimum absolute atomic E-state index is 0.350. The molecule has 4 nitrogen and oxygen atoms in total. The molecule has 1 rings (SSSR count). The van der Waals surface area contributed by atoms with Crippen LogP contribution in [0, 0.1) is 0 Å². The normalized spacial score (nSPS) is 12.5. The quantitative estimate of drug-likeness (QED) is 0.793. The molecule has 0 saturated carbocycles. The molecule has 1 aromatic rings. The van der Waals surface area contributed by atoms with Crippen molar-refractivity contribution in [2.24, 2.45) is 0 Å². The van der Waals surface area contributed by atoms with Gasteiger partial charge in [0, 0.05) is 13.1 Å². The van der Waals surface area contributed by atoms with E-state index in [0.717, 1.165) is 18.8 Å². The molecule has 1 atom stereocenters. The first-order valence-corrected chi connectivity index (χ1v) is 5.42. The zero-order chi connectivity index (χ0) is 11.3. The highest BCUT2D eigenvalue weighted by atomic mass is 16.3. The Labute approximate surface area is 90.9 Å². The van der Waals surface area contributed by atoms with Crippen molar-refractivity contribution < 1.29 is 5.11 Å². The minimum atomic E-state index is -0.350. The Morgan fingerprint density at radius 1 is 1.47 bits per heavy atom. The van der Waals surface area contributed by atoms with Crippen molar-refractivity contribution >= 4 is 5.82 Å². The van der Waals surface area contributed by atoms with E-state index in [4.69, 9.17) is 0 Å². The van der Waals surface area contributed by atoms with E-state index in [-0.39, 0.29) is 6.10 Å². The standard InChI is InChI=1S/C11H19N3O/c1-4-10-6-11(13-12-7-10)14(5-2)8-9(3)15/h6-7,9,15H,4-5,8H2,1-3H3. The van der Waals surface area contributed by atoms with Gasteiger partial charge in [0.15, 0.2) is 5.82 Å². The summed E-state index contributed by atoms with van der Waals surface area (Å²) in [6.07, 6.45) is 2.38. The number of hydrogen-bond donors (Lipinski definition) is 1. The summed E-state index contributed by atoms with van der Waals surface area (Å²) in [7, 11) is 0. The van der Waals surface area contributed by atoms with Crippen LogP contribution in [0.3, 0.4) is 0 Å². The van der Waals surface area contributed by atoms with E-state index in [0.29, 0.717) is 6.54 Å². The smallest absolute Gasteiger partial charge is 0.151 e. The number of aliphatic hydroxyl groups is 1. The Morgan fingerprint density at radius 3 is 2.73 bits per heavy atom. The predicted octanol–water partition coefficient (Wildman–Crippen LogP) is 1.25. The molecule has 15 heavy (non-hydrogen) atoms. The molecule has 0 spiro atoms. The van der Waals surface area contributed by atoms with Gasteiger partial charge in [0.1, 0.15) is 0 Å². The largest absolute Gasteiger partial charge is 0.392 e. The summed E-state index contributed by atoms with van der Waals surface area (Å²) in [6, 6.07) is 2.03. The van der Waals surface area contributed by atoms with Gasteiger partial charge in [-0.3, -0.25) is 0 Å². The topological polar surface area (TPSA) is 49.2 Å². The lowest BCUT2D eigenvalue weighted by molar-refractivity contribution is 0.200. The average Bonchev–Trinajstić information content (AvgIpc) is 2.25. The molecule has 0 aliphatic carbocycles. The summed E-state index contributed by atoms with van der Waals surface area (Å²) in [4.78, 5) is 2.02. The van der Waals surface area contributed by atoms with Crippen LogP contribution in [0.1, 0.15) is 26.3 Å². The third-order valence-electron chi connectivity index (χ3n) is 2.30. The van der Waals surface area contributed by atoms with Gasteiger partial charge in [0.05, 0.1) is 12.3 Å². The Balaban J connectivity index is 2.81. The minimum Gasteiger partial charge on any atom is -0.392 e. The van der Waals surface area contributed by atoms with Gasteiger partial charge >= 0.3 is 0 Å². The van der Waals surface area contributed by atoms with Gasteiger partial charge in [0.2, 0.25) is 0 Å². The molecular formula is C11H19N3O. The van der Waals surface area contributed by atoms with Crippen LogP contribution in [0.5, 0.6) is 0 Å². The summed E-state index contributed by atoms with van der Waals surface area (Å²) in [5.74, 6) is 0.845. The summed E-state index contributed by atoms with van der Waals surface area (Å²) in [5, 5.41) is 17.4. The van der Waals surface area contributed by atoms with E-state index in [1.165, 1.54) is 5.56 Å². The molecule has 0 aromatic carbocycles. The van der Waals surface area contributed by atoms with E-state index in [1.807, 2.05) is 17.9 Å². The Hall–Kier alpha value is -1.16. The third kappa shape index (κ3) is 3.47. The van der Waals surface area contributed by atoms with Crippen molar-refractivity contribution in [1.82, 2.24) is 10.2 Å². The van der Waals surface area contributed by atoms with Crippen molar-refractivity contribution in [1.29, 1.82) is 0 Å². The van der Waals surface area contributed by atoms with Crippen LogP contribution in [-0.2, 0) is 6.42 Å². The summed E-state index contributed by atoms with van der Waals surface area (Å²) < 4.78 is 0. The zero-order valence-electron chi connectivity index (χ0n) is 9.64. The molecule has 84 valence electrons. The maximum Gasteiger partial charge on any atom is 0.151 e. The first-order valence-electron chi connectivity index (χ1n) is 5.42. The second kappa shape index (κ2) is 5.66. The average molecular weight is 209 g/mol. The number of aryl methyl sites for hydroxylation is 1. The molecule has 1 aromatic heterocycles. The maximum atomic E-state index is 9.35.